The normalized spacial score (nSPS) is 24.6. The molecule has 0 spiro atoms. The van der Waals surface area contributed by atoms with Crippen LogP contribution in [0.1, 0.15) is 12.0 Å². The Morgan fingerprint density at radius 3 is 3.08 bits per heavy atom. The number of allylic oxidation sites excluding steroid dienone is 2. The average Bonchev–Trinajstić information content (AvgIpc) is 3.33. The molecule has 8 nitrogen and oxygen atoms in total. The lowest BCUT2D eigenvalue weighted by atomic mass is 10.0. The number of nitriles is 1. The predicted molar refractivity (Wildman–Crippen MR) is 92.0 cm³/mol. The van der Waals surface area contributed by atoms with Crippen molar-refractivity contribution in [3.8, 4) is 6.19 Å². The first-order valence-electron chi connectivity index (χ1n) is 8.31. The highest BCUT2D eigenvalue weighted by molar-refractivity contribution is 6.38. The van der Waals surface area contributed by atoms with Crippen molar-refractivity contribution in [2.24, 2.45) is 12.0 Å². The van der Waals surface area contributed by atoms with Crippen LogP contribution >= 0.6 is 0 Å². The molecule has 0 bridgehead atoms. The third-order valence-corrected chi connectivity index (χ3v) is 4.72. The number of hydrogen-bond acceptors (Lipinski definition) is 6. The molecule has 1 aromatic heterocycles. The van der Waals surface area contributed by atoms with E-state index in [1.807, 2.05) is 36.6 Å². The van der Waals surface area contributed by atoms with E-state index < -0.39 is 0 Å². The number of nitrogens with one attached hydrogen (secondary N) is 1. The van der Waals surface area contributed by atoms with Crippen LogP contribution in [0.3, 0.4) is 0 Å². The van der Waals surface area contributed by atoms with Crippen LogP contribution < -0.4 is 5.32 Å². The van der Waals surface area contributed by atoms with E-state index in [1.165, 1.54) is 0 Å². The van der Waals surface area contributed by atoms with Crippen molar-refractivity contribution in [3.05, 3.63) is 36.3 Å². The molecule has 1 N–H and O–H groups in total. The number of amides is 1. The van der Waals surface area contributed by atoms with Crippen molar-refractivity contribution in [2.45, 2.75) is 18.5 Å². The largest absolute Gasteiger partial charge is 0.345 e. The van der Waals surface area contributed by atoms with Crippen LogP contribution in [0, 0.1) is 11.5 Å². The van der Waals surface area contributed by atoms with Gasteiger partial charge in [0.25, 0.3) is 5.91 Å². The van der Waals surface area contributed by atoms with Gasteiger partial charge in [-0.2, -0.15) is 10.4 Å². The van der Waals surface area contributed by atoms with Crippen molar-refractivity contribution in [2.75, 3.05) is 19.6 Å². The summed E-state index contributed by atoms with van der Waals surface area (Å²) in [7, 11) is 1.89. The topological polar surface area (TPSA) is 89.5 Å². The summed E-state index contributed by atoms with van der Waals surface area (Å²) >= 11 is 0. The van der Waals surface area contributed by atoms with Gasteiger partial charge in [-0.25, -0.2) is 0 Å². The Bertz CT molecular complexity index is 828. The molecular formula is C17H19N7O. The number of carbonyl (C=O) groups is 1. The SMILES string of the molecule is Cn1cc(C2=CC3CN=C(C(=O)NC4CCN(C#N)C4)N3C=C2)cn1. The number of hydrogen-bond donors (Lipinski definition) is 1. The van der Waals surface area contributed by atoms with Gasteiger partial charge < -0.3 is 15.1 Å². The number of carbonyl (C=O) groups excluding carboxylic acids is 1. The van der Waals surface area contributed by atoms with Crippen LogP contribution in [0.5, 0.6) is 0 Å². The van der Waals surface area contributed by atoms with Crippen LogP contribution in [0.25, 0.3) is 5.57 Å². The molecule has 4 heterocycles. The molecule has 1 saturated heterocycles. The number of likely N-dealkylation sites (tertiary alicyclic amines) is 1. The van der Waals surface area contributed by atoms with Gasteiger partial charge in [-0.3, -0.25) is 14.5 Å². The van der Waals surface area contributed by atoms with Gasteiger partial charge in [0.05, 0.1) is 18.8 Å². The van der Waals surface area contributed by atoms with Crippen LogP contribution in [0.2, 0.25) is 0 Å². The molecule has 1 fully saturated rings. The molecule has 4 rings (SSSR count). The molecule has 0 aromatic carbocycles. The van der Waals surface area contributed by atoms with Crippen LogP contribution in [0.4, 0.5) is 0 Å². The van der Waals surface area contributed by atoms with Gasteiger partial charge in [-0.15, -0.1) is 0 Å². The van der Waals surface area contributed by atoms with E-state index in [4.69, 9.17) is 5.26 Å². The van der Waals surface area contributed by atoms with Crippen molar-refractivity contribution in [3.63, 3.8) is 0 Å². The molecule has 8 heteroatoms. The van der Waals surface area contributed by atoms with Gasteiger partial charge in [0.15, 0.2) is 12.0 Å². The summed E-state index contributed by atoms with van der Waals surface area (Å²) in [6, 6.07) is 0.0595. The lowest BCUT2D eigenvalue weighted by Crippen LogP contribution is -2.46. The van der Waals surface area contributed by atoms with Crippen molar-refractivity contribution >= 4 is 17.3 Å². The smallest absolute Gasteiger partial charge is 0.287 e. The van der Waals surface area contributed by atoms with Crippen LogP contribution in [-0.2, 0) is 11.8 Å². The Hall–Kier alpha value is -3.08. The van der Waals surface area contributed by atoms with Gasteiger partial charge in [0.1, 0.15) is 0 Å². The molecule has 0 aliphatic carbocycles. The highest BCUT2D eigenvalue weighted by Crippen LogP contribution is 2.25. The zero-order chi connectivity index (χ0) is 17.4. The molecule has 0 radical (unpaired) electrons. The van der Waals surface area contributed by atoms with E-state index >= 15 is 0 Å². The third kappa shape index (κ3) is 2.89. The fourth-order valence-electron chi connectivity index (χ4n) is 3.41. The minimum Gasteiger partial charge on any atom is -0.345 e. The monoisotopic (exact) mass is 337 g/mol. The first-order chi connectivity index (χ1) is 12.1. The Morgan fingerprint density at radius 2 is 2.36 bits per heavy atom. The highest BCUT2D eigenvalue weighted by atomic mass is 16.2. The molecule has 25 heavy (non-hydrogen) atoms. The zero-order valence-electron chi connectivity index (χ0n) is 14.0. The lowest BCUT2D eigenvalue weighted by Gasteiger charge is -2.26. The van der Waals surface area contributed by atoms with E-state index in [-0.39, 0.29) is 18.0 Å². The second-order valence-electron chi connectivity index (χ2n) is 6.48. The lowest BCUT2D eigenvalue weighted by molar-refractivity contribution is -0.115. The summed E-state index contributed by atoms with van der Waals surface area (Å²) in [6.07, 6.45) is 12.7. The second kappa shape index (κ2) is 6.09. The summed E-state index contributed by atoms with van der Waals surface area (Å²) in [4.78, 5) is 20.6. The molecule has 3 aliphatic heterocycles. The number of nitrogens with zero attached hydrogens (tertiary/aromatic N) is 6. The molecule has 128 valence electrons. The standard InChI is InChI=1S/C17H19N7O/c1-22-9-13(7-20-22)12-2-5-24-15(6-12)8-19-16(24)17(25)21-14-3-4-23(10-14)11-18/h2,5-7,9,14-15H,3-4,8,10H2,1H3,(H,21,25). The predicted octanol–water partition coefficient (Wildman–Crippen LogP) is 0.0851. The first-order valence-corrected chi connectivity index (χ1v) is 8.31. The molecule has 2 unspecified atom stereocenters. The molecule has 1 amide bonds. The summed E-state index contributed by atoms with van der Waals surface area (Å²) in [5.74, 6) is 0.272. The molecule has 2 atom stereocenters. The Kier molecular flexibility index (Phi) is 3.76. The minimum absolute atomic E-state index is 0.00386. The summed E-state index contributed by atoms with van der Waals surface area (Å²) < 4.78 is 1.77. The molecular weight excluding hydrogens is 318 g/mol. The van der Waals surface area contributed by atoms with Crippen LogP contribution in [-0.4, -0.2) is 63.0 Å². The van der Waals surface area contributed by atoms with Gasteiger partial charge in [-0.05, 0) is 18.1 Å². The van der Waals surface area contributed by atoms with Gasteiger partial charge in [0.2, 0.25) is 0 Å². The quantitative estimate of drug-likeness (QED) is 0.789. The van der Waals surface area contributed by atoms with Crippen LogP contribution in [0.15, 0.2) is 35.7 Å². The Labute approximate surface area is 145 Å². The number of aryl methyl sites for hydroxylation is 1. The first kappa shape index (κ1) is 15.4. The van der Waals surface area contributed by atoms with Gasteiger partial charge >= 0.3 is 0 Å². The molecule has 1 aromatic rings. The third-order valence-electron chi connectivity index (χ3n) is 4.72. The van der Waals surface area contributed by atoms with E-state index in [2.05, 4.69) is 27.7 Å². The molecule has 3 aliphatic rings. The summed E-state index contributed by atoms with van der Waals surface area (Å²) in [5, 5.41) is 16.1. The zero-order valence-corrected chi connectivity index (χ0v) is 14.0. The number of aromatic nitrogens is 2. The number of aliphatic imine (C=N–C) groups is 1. The number of rotatable bonds is 3. The Balaban J connectivity index is 1.42. The van der Waals surface area contributed by atoms with E-state index in [1.54, 1.807) is 9.58 Å². The maximum absolute atomic E-state index is 12.6. The maximum Gasteiger partial charge on any atom is 0.287 e. The Morgan fingerprint density at radius 1 is 1.48 bits per heavy atom. The van der Waals surface area contributed by atoms with Gasteiger partial charge in [0, 0.05) is 44.1 Å². The van der Waals surface area contributed by atoms with E-state index in [9.17, 15) is 4.79 Å². The van der Waals surface area contributed by atoms with Crippen molar-refractivity contribution in [1.29, 1.82) is 5.26 Å². The van der Waals surface area contributed by atoms with Gasteiger partial charge in [-0.1, -0.05) is 6.08 Å². The maximum atomic E-state index is 12.6. The highest BCUT2D eigenvalue weighted by Gasteiger charge is 2.33. The summed E-state index contributed by atoms with van der Waals surface area (Å²) in [5.41, 5.74) is 2.14. The number of fused-ring (bicyclic) bond motifs is 1. The minimum atomic E-state index is -0.171. The second-order valence-corrected chi connectivity index (χ2v) is 6.48. The fourth-order valence-corrected chi connectivity index (χ4v) is 3.41. The molecule has 0 saturated carbocycles. The average molecular weight is 337 g/mol. The summed E-state index contributed by atoms with van der Waals surface area (Å²) in [6.45, 7) is 1.82. The van der Waals surface area contributed by atoms with E-state index in [0.29, 0.717) is 25.5 Å². The fraction of sp³-hybridized carbons (Fsp3) is 0.412. The number of amidine groups is 1. The van der Waals surface area contributed by atoms with E-state index in [0.717, 1.165) is 17.6 Å². The van der Waals surface area contributed by atoms with Crippen molar-refractivity contribution < 1.29 is 4.79 Å². The van der Waals surface area contributed by atoms with Crippen molar-refractivity contribution in [1.82, 2.24) is 24.9 Å².